The highest BCUT2D eigenvalue weighted by Crippen LogP contribution is 2.32. The number of aliphatic hydroxyl groups is 3. The molecule has 2 saturated heterocycles. The summed E-state index contributed by atoms with van der Waals surface area (Å²) in [7, 11) is -8.25. The predicted molar refractivity (Wildman–Crippen MR) is 99.6 cm³/mol. The van der Waals surface area contributed by atoms with Gasteiger partial charge in [0.05, 0.1) is 6.61 Å². The van der Waals surface area contributed by atoms with Crippen molar-refractivity contribution in [3.8, 4) is 0 Å². The molecule has 2 fully saturated rings. The Labute approximate surface area is 192 Å². The molecule has 0 saturated carbocycles. The fraction of sp³-hybridized carbons (Fsp3) is 0.929. The Morgan fingerprint density at radius 3 is 1.91 bits per heavy atom. The molecule has 34 heavy (non-hydrogen) atoms. The van der Waals surface area contributed by atoms with Crippen LogP contribution in [-0.2, 0) is 57.6 Å². The average molecular weight is 544 g/mol. The van der Waals surface area contributed by atoms with Crippen LogP contribution in [0.5, 0.6) is 0 Å². The van der Waals surface area contributed by atoms with Crippen LogP contribution in [0.2, 0.25) is 0 Å². The monoisotopic (exact) mass is 544 g/mol. The van der Waals surface area contributed by atoms with Crippen LogP contribution in [0.25, 0.3) is 0 Å². The molecule has 20 heteroatoms. The number of hydrogen-bond acceptors (Lipinski definition) is 15. The van der Waals surface area contributed by atoms with Crippen LogP contribution in [0.1, 0.15) is 0 Å². The molecule has 2 heterocycles. The highest BCUT2D eigenvalue weighted by Gasteiger charge is 2.54. The van der Waals surface area contributed by atoms with E-state index in [4.69, 9.17) is 32.8 Å². The molecule has 0 aliphatic carbocycles. The second-order valence-corrected chi connectivity index (χ2v) is 9.15. The van der Waals surface area contributed by atoms with E-state index in [2.05, 4.69) is 8.37 Å². The first-order valence-corrected chi connectivity index (χ1v) is 11.9. The molecule has 18 nitrogen and oxygen atoms in total. The zero-order chi connectivity index (χ0) is 26.0. The van der Waals surface area contributed by atoms with Gasteiger partial charge in [-0.2, -0.15) is 16.8 Å². The predicted octanol–water partition coefficient (Wildman–Crippen LogP) is -4.34. The SMILES string of the molecule is CO[C@@H]1[C@@H](OS(=O)(=O)O)[C@@H](O)O[C@H](COS(=O)(=O)O)[C@H]1O[C@@H]1O[C@@H](C(=O)O)[C@@H](O)[C@H](O)[C@H]1OC. The number of rotatable bonds is 10. The number of carboxylic acids is 1. The van der Waals surface area contributed by atoms with E-state index >= 15 is 0 Å². The summed E-state index contributed by atoms with van der Waals surface area (Å²) in [5, 5.41) is 39.5. The van der Waals surface area contributed by atoms with Crippen molar-refractivity contribution in [2.45, 2.75) is 61.4 Å². The van der Waals surface area contributed by atoms with Crippen molar-refractivity contribution in [3.05, 3.63) is 0 Å². The molecular weight excluding hydrogens is 520 g/mol. The third kappa shape index (κ3) is 7.20. The smallest absolute Gasteiger partial charge is 0.397 e. The standard InChI is InChI=1S/C14H24O18S2/c1-26-9-6(16)5(15)8(12(17)18)31-14(9)30-7-4(3-28-33(20,21)22)29-13(19)11(10(7)27-2)32-34(23,24)25/h4-11,13-16,19H,3H2,1-2H3,(H,17,18)(H,20,21,22)(H,23,24,25)/t4-,5+,6+,7-,8-,9-,10+,11-,13+,14-/m1/s1. The fourth-order valence-corrected chi connectivity index (χ4v) is 4.21. The van der Waals surface area contributed by atoms with Crippen LogP contribution >= 0.6 is 0 Å². The lowest BCUT2D eigenvalue weighted by Crippen LogP contribution is -2.66. The number of aliphatic carboxylic acids is 1. The number of carboxylic acid groups (broad SMARTS) is 1. The summed E-state index contributed by atoms with van der Waals surface area (Å²) in [6, 6.07) is 0. The Kier molecular flexibility index (Phi) is 9.68. The van der Waals surface area contributed by atoms with E-state index in [0.717, 1.165) is 14.2 Å². The minimum Gasteiger partial charge on any atom is -0.479 e. The Hall–Kier alpha value is -1.11. The van der Waals surface area contributed by atoms with Crippen LogP contribution in [-0.4, -0.2) is 135 Å². The van der Waals surface area contributed by atoms with Crippen molar-refractivity contribution in [1.29, 1.82) is 0 Å². The van der Waals surface area contributed by atoms with E-state index in [1.54, 1.807) is 0 Å². The molecule has 0 radical (unpaired) electrons. The van der Waals surface area contributed by atoms with Gasteiger partial charge in [-0.15, -0.1) is 0 Å². The molecule has 0 amide bonds. The summed E-state index contributed by atoms with van der Waals surface area (Å²) >= 11 is 0. The zero-order valence-electron chi connectivity index (χ0n) is 17.4. The topological polar surface area (TPSA) is 271 Å². The first-order valence-electron chi connectivity index (χ1n) is 9.16. The maximum Gasteiger partial charge on any atom is 0.397 e. The summed E-state index contributed by atoms with van der Waals surface area (Å²) in [6.45, 7) is -1.06. The highest BCUT2D eigenvalue weighted by atomic mass is 32.3. The van der Waals surface area contributed by atoms with E-state index in [1.807, 2.05) is 0 Å². The summed E-state index contributed by atoms with van der Waals surface area (Å²) in [5.74, 6) is -1.70. The van der Waals surface area contributed by atoms with Gasteiger partial charge in [0.1, 0.15) is 36.6 Å². The quantitative estimate of drug-likeness (QED) is 0.142. The molecule has 0 unspecified atom stereocenters. The lowest BCUT2D eigenvalue weighted by molar-refractivity contribution is -0.352. The number of carbonyl (C=O) groups is 1. The van der Waals surface area contributed by atoms with Gasteiger partial charge in [-0.25, -0.2) is 13.2 Å². The molecule has 200 valence electrons. The summed E-state index contributed by atoms with van der Waals surface area (Å²) < 4.78 is 96.6. The Morgan fingerprint density at radius 1 is 0.853 bits per heavy atom. The lowest BCUT2D eigenvalue weighted by atomic mass is 9.96. The van der Waals surface area contributed by atoms with Crippen molar-refractivity contribution in [1.82, 2.24) is 0 Å². The van der Waals surface area contributed by atoms with Gasteiger partial charge in [-0.3, -0.25) is 9.11 Å². The summed E-state index contributed by atoms with van der Waals surface area (Å²) in [4.78, 5) is 11.4. The van der Waals surface area contributed by atoms with Gasteiger partial charge in [0.25, 0.3) is 0 Å². The van der Waals surface area contributed by atoms with E-state index in [1.165, 1.54) is 0 Å². The van der Waals surface area contributed by atoms with Crippen LogP contribution in [0.4, 0.5) is 0 Å². The summed E-state index contributed by atoms with van der Waals surface area (Å²) in [5.41, 5.74) is 0. The van der Waals surface area contributed by atoms with Crippen molar-refractivity contribution < 1.29 is 83.2 Å². The number of methoxy groups -OCH3 is 2. The van der Waals surface area contributed by atoms with Crippen LogP contribution in [0, 0.1) is 0 Å². The minimum absolute atomic E-state index is 0.967. The van der Waals surface area contributed by atoms with Crippen LogP contribution < -0.4 is 0 Å². The molecule has 2 rings (SSSR count). The molecule has 0 spiro atoms. The lowest BCUT2D eigenvalue weighted by Gasteiger charge is -2.46. The van der Waals surface area contributed by atoms with E-state index < -0.39 is 94.8 Å². The average Bonchev–Trinajstić information content (AvgIpc) is 2.70. The molecule has 6 N–H and O–H groups in total. The molecule has 2 aliphatic rings. The van der Waals surface area contributed by atoms with E-state index in [-0.39, 0.29) is 0 Å². The first-order chi connectivity index (χ1) is 15.6. The van der Waals surface area contributed by atoms with Gasteiger partial charge in [0.15, 0.2) is 24.8 Å². The first kappa shape index (κ1) is 29.1. The van der Waals surface area contributed by atoms with Crippen molar-refractivity contribution in [2.24, 2.45) is 0 Å². The third-order valence-corrected chi connectivity index (χ3v) is 5.75. The fourth-order valence-electron chi connectivity index (χ4n) is 3.41. The highest BCUT2D eigenvalue weighted by molar-refractivity contribution is 7.81. The maximum absolute atomic E-state index is 11.4. The normalized spacial score (nSPS) is 39.6. The summed E-state index contributed by atoms with van der Waals surface area (Å²) in [6.07, 6.45) is -18.6. The minimum atomic E-state index is -5.21. The zero-order valence-corrected chi connectivity index (χ0v) is 19.0. The van der Waals surface area contributed by atoms with Gasteiger partial charge in [0.2, 0.25) is 0 Å². The molecule has 0 aromatic rings. The van der Waals surface area contributed by atoms with Crippen LogP contribution in [0.15, 0.2) is 0 Å². The molecule has 0 aromatic carbocycles. The Balaban J connectivity index is 2.42. The maximum atomic E-state index is 11.4. The van der Waals surface area contributed by atoms with Crippen molar-refractivity contribution >= 4 is 26.8 Å². The van der Waals surface area contributed by atoms with Gasteiger partial charge < -0.3 is 44.1 Å². The number of ether oxygens (including phenoxy) is 5. The Bertz CT molecular complexity index is 906. The van der Waals surface area contributed by atoms with Gasteiger partial charge >= 0.3 is 26.8 Å². The van der Waals surface area contributed by atoms with Gasteiger partial charge in [-0.1, -0.05) is 0 Å². The van der Waals surface area contributed by atoms with Crippen molar-refractivity contribution in [3.63, 3.8) is 0 Å². The third-order valence-electron chi connectivity index (χ3n) is 4.85. The molecule has 2 aliphatic heterocycles. The van der Waals surface area contributed by atoms with Gasteiger partial charge in [-0.05, 0) is 0 Å². The van der Waals surface area contributed by atoms with E-state index in [0.29, 0.717) is 0 Å². The molecular formula is C14H24O18S2. The van der Waals surface area contributed by atoms with Crippen molar-refractivity contribution in [2.75, 3.05) is 20.8 Å². The largest absolute Gasteiger partial charge is 0.479 e. The van der Waals surface area contributed by atoms with E-state index in [9.17, 15) is 42.1 Å². The molecule has 10 atom stereocenters. The second kappa shape index (κ2) is 11.3. The molecule has 0 bridgehead atoms. The number of aliphatic hydroxyl groups excluding tert-OH is 3. The van der Waals surface area contributed by atoms with Gasteiger partial charge in [0, 0.05) is 14.2 Å². The Morgan fingerprint density at radius 2 is 1.44 bits per heavy atom. The molecule has 0 aromatic heterocycles. The number of hydrogen-bond donors (Lipinski definition) is 6. The van der Waals surface area contributed by atoms with Crippen LogP contribution in [0.3, 0.4) is 0 Å². The second-order valence-electron chi connectivity index (χ2n) is 7.01.